The number of carboxylic acid groups (broad SMARTS) is 1. The van der Waals surface area contributed by atoms with Crippen molar-refractivity contribution < 1.29 is 9.90 Å². The van der Waals surface area contributed by atoms with Crippen molar-refractivity contribution in [2.24, 2.45) is 0 Å². The standard InChI is InChI=1S/C14H11ClINO2/c1-8-6-10(16)3-5-12(8)17-13-7-9(15)2-4-11(13)14(18)19/h2-7,17H,1H3,(H,18,19). The van der Waals surface area contributed by atoms with Crippen LogP contribution in [-0.2, 0) is 0 Å². The molecule has 0 fully saturated rings. The summed E-state index contributed by atoms with van der Waals surface area (Å²) >= 11 is 8.15. The molecule has 0 heterocycles. The third-order valence-corrected chi connectivity index (χ3v) is 3.58. The second-order valence-electron chi connectivity index (χ2n) is 4.08. The van der Waals surface area contributed by atoms with Gasteiger partial charge in [0.05, 0.1) is 11.3 Å². The molecule has 0 amide bonds. The van der Waals surface area contributed by atoms with Gasteiger partial charge in [0, 0.05) is 14.3 Å². The summed E-state index contributed by atoms with van der Waals surface area (Å²) in [7, 11) is 0. The molecule has 0 atom stereocenters. The van der Waals surface area contributed by atoms with Crippen LogP contribution in [0.2, 0.25) is 5.02 Å². The number of nitrogens with one attached hydrogen (secondary N) is 1. The van der Waals surface area contributed by atoms with Gasteiger partial charge in [0.15, 0.2) is 0 Å². The van der Waals surface area contributed by atoms with Crippen LogP contribution in [0.5, 0.6) is 0 Å². The molecular weight excluding hydrogens is 377 g/mol. The van der Waals surface area contributed by atoms with Crippen molar-refractivity contribution in [1.82, 2.24) is 0 Å². The zero-order valence-electron chi connectivity index (χ0n) is 10.1. The summed E-state index contributed by atoms with van der Waals surface area (Å²) in [6.45, 7) is 1.97. The molecule has 2 aromatic carbocycles. The molecule has 3 nitrogen and oxygen atoms in total. The normalized spacial score (nSPS) is 10.3. The second-order valence-corrected chi connectivity index (χ2v) is 5.76. The van der Waals surface area contributed by atoms with E-state index in [2.05, 4.69) is 27.9 Å². The molecular formula is C14H11ClINO2. The maximum Gasteiger partial charge on any atom is 0.337 e. The number of anilines is 2. The van der Waals surface area contributed by atoms with E-state index in [9.17, 15) is 4.79 Å². The van der Waals surface area contributed by atoms with Gasteiger partial charge in [0.2, 0.25) is 0 Å². The van der Waals surface area contributed by atoms with Crippen LogP contribution >= 0.6 is 34.2 Å². The third kappa shape index (κ3) is 3.39. The van der Waals surface area contributed by atoms with E-state index < -0.39 is 5.97 Å². The largest absolute Gasteiger partial charge is 0.478 e. The van der Waals surface area contributed by atoms with Gasteiger partial charge in [-0.3, -0.25) is 0 Å². The van der Waals surface area contributed by atoms with Gasteiger partial charge in [-0.15, -0.1) is 0 Å². The van der Waals surface area contributed by atoms with Gasteiger partial charge in [0.1, 0.15) is 0 Å². The molecule has 19 heavy (non-hydrogen) atoms. The molecule has 0 aromatic heterocycles. The molecule has 0 aliphatic carbocycles. The summed E-state index contributed by atoms with van der Waals surface area (Å²) in [5.74, 6) is -0.984. The predicted octanol–water partition coefficient (Wildman–Crippen LogP) is 4.69. The van der Waals surface area contributed by atoms with Crippen molar-refractivity contribution in [3.63, 3.8) is 0 Å². The predicted molar refractivity (Wildman–Crippen MR) is 85.6 cm³/mol. The highest BCUT2D eigenvalue weighted by Gasteiger charge is 2.11. The molecule has 0 bridgehead atoms. The van der Waals surface area contributed by atoms with Crippen LogP contribution in [0.15, 0.2) is 36.4 Å². The molecule has 2 aromatic rings. The Labute approximate surface area is 129 Å². The van der Waals surface area contributed by atoms with Crippen LogP contribution in [0.25, 0.3) is 0 Å². The Hall–Kier alpha value is -1.27. The van der Waals surface area contributed by atoms with Crippen LogP contribution in [0, 0.1) is 10.5 Å². The van der Waals surface area contributed by atoms with Crippen LogP contribution in [0.1, 0.15) is 15.9 Å². The van der Waals surface area contributed by atoms with E-state index in [1.54, 1.807) is 12.1 Å². The van der Waals surface area contributed by atoms with Crippen LogP contribution in [0.4, 0.5) is 11.4 Å². The number of aromatic carboxylic acids is 1. The van der Waals surface area contributed by atoms with Crippen molar-refractivity contribution in [3.05, 3.63) is 56.1 Å². The van der Waals surface area contributed by atoms with Crippen molar-refractivity contribution in [1.29, 1.82) is 0 Å². The lowest BCUT2D eigenvalue weighted by Gasteiger charge is -2.12. The first kappa shape index (κ1) is 14.1. The number of hydrogen-bond acceptors (Lipinski definition) is 2. The average molecular weight is 388 g/mol. The molecule has 0 unspecified atom stereocenters. The minimum Gasteiger partial charge on any atom is -0.478 e. The van der Waals surface area contributed by atoms with Gasteiger partial charge >= 0.3 is 5.97 Å². The summed E-state index contributed by atoms with van der Waals surface area (Å²) < 4.78 is 1.13. The summed E-state index contributed by atoms with van der Waals surface area (Å²) in [4.78, 5) is 11.2. The van der Waals surface area contributed by atoms with E-state index in [0.29, 0.717) is 10.7 Å². The quantitative estimate of drug-likeness (QED) is 0.751. The van der Waals surface area contributed by atoms with Gasteiger partial charge in [-0.1, -0.05) is 11.6 Å². The van der Waals surface area contributed by atoms with E-state index in [0.717, 1.165) is 14.8 Å². The molecule has 0 saturated carbocycles. The number of benzene rings is 2. The molecule has 0 spiro atoms. The molecule has 2 N–H and O–H groups in total. The molecule has 0 aliphatic rings. The number of hydrogen-bond donors (Lipinski definition) is 2. The Balaban J connectivity index is 2.42. The Morgan fingerprint density at radius 1 is 1.21 bits per heavy atom. The lowest BCUT2D eigenvalue weighted by atomic mass is 10.1. The summed E-state index contributed by atoms with van der Waals surface area (Å²) in [5.41, 5.74) is 2.60. The van der Waals surface area contributed by atoms with E-state index in [4.69, 9.17) is 16.7 Å². The van der Waals surface area contributed by atoms with Crippen molar-refractivity contribution in [2.75, 3.05) is 5.32 Å². The summed E-state index contributed by atoms with van der Waals surface area (Å²) in [5, 5.41) is 12.8. The van der Waals surface area contributed by atoms with E-state index >= 15 is 0 Å². The molecule has 0 aliphatic heterocycles. The highest BCUT2D eigenvalue weighted by Crippen LogP contribution is 2.27. The first-order chi connectivity index (χ1) is 8.97. The number of aryl methyl sites for hydroxylation is 1. The van der Waals surface area contributed by atoms with Crippen LogP contribution in [0.3, 0.4) is 0 Å². The summed E-state index contributed by atoms with van der Waals surface area (Å²) in [6.07, 6.45) is 0. The Morgan fingerprint density at radius 3 is 2.58 bits per heavy atom. The molecule has 5 heteroatoms. The smallest absolute Gasteiger partial charge is 0.337 e. The molecule has 0 radical (unpaired) electrons. The van der Waals surface area contributed by atoms with Crippen LogP contribution in [-0.4, -0.2) is 11.1 Å². The van der Waals surface area contributed by atoms with E-state index in [1.807, 2.05) is 25.1 Å². The van der Waals surface area contributed by atoms with Crippen LogP contribution < -0.4 is 5.32 Å². The Kier molecular flexibility index (Phi) is 4.31. The fourth-order valence-corrected chi connectivity index (χ4v) is 2.54. The highest BCUT2D eigenvalue weighted by atomic mass is 127. The maximum atomic E-state index is 11.2. The zero-order valence-corrected chi connectivity index (χ0v) is 13.0. The molecule has 98 valence electrons. The lowest BCUT2D eigenvalue weighted by molar-refractivity contribution is 0.0698. The van der Waals surface area contributed by atoms with Gasteiger partial charge in [-0.2, -0.15) is 0 Å². The Morgan fingerprint density at radius 2 is 1.95 bits per heavy atom. The van der Waals surface area contributed by atoms with Gasteiger partial charge in [-0.25, -0.2) is 4.79 Å². The maximum absolute atomic E-state index is 11.2. The summed E-state index contributed by atoms with van der Waals surface area (Å²) in [6, 6.07) is 10.6. The minimum atomic E-state index is -0.984. The van der Waals surface area contributed by atoms with Gasteiger partial charge in [-0.05, 0) is 71.5 Å². The number of carbonyl (C=O) groups is 1. The van der Waals surface area contributed by atoms with Crippen molar-refractivity contribution in [2.45, 2.75) is 6.92 Å². The van der Waals surface area contributed by atoms with Gasteiger partial charge < -0.3 is 10.4 Å². The van der Waals surface area contributed by atoms with E-state index in [1.165, 1.54) is 6.07 Å². The monoisotopic (exact) mass is 387 g/mol. The first-order valence-electron chi connectivity index (χ1n) is 5.53. The fraction of sp³-hybridized carbons (Fsp3) is 0.0714. The average Bonchev–Trinajstić information content (AvgIpc) is 2.32. The van der Waals surface area contributed by atoms with Gasteiger partial charge in [0.25, 0.3) is 0 Å². The SMILES string of the molecule is Cc1cc(I)ccc1Nc1cc(Cl)ccc1C(=O)O. The van der Waals surface area contributed by atoms with Crippen molar-refractivity contribution in [3.8, 4) is 0 Å². The van der Waals surface area contributed by atoms with E-state index in [-0.39, 0.29) is 5.56 Å². The minimum absolute atomic E-state index is 0.197. The Bertz CT molecular complexity index is 643. The molecule has 2 rings (SSSR count). The highest BCUT2D eigenvalue weighted by molar-refractivity contribution is 14.1. The number of carboxylic acids is 1. The third-order valence-electron chi connectivity index (χ3n) is 2.67. The zero-order chi connectivity index (χ0) is 14.0. The fourth-order valence-electron chi connectivity index (χ4n) is 1.72. The molecule has 0 saturated heterocycles. The topological polar surface area (TPSA) is 49.3 Å². The van der Waals surface area contributed by atoms with Crippen molar-refractivity contribution >= 4 is 51.5 Å². The lowest BCUT2D eigenvalue weighted by Crippen LogP contribution is -2.03. The number of halogens is 2. The second kappa shape index (κ2) is 5.79. The first-order valence-corrected chi connectivity index (χ1v) is 6.99. The number of rotatable bonds is 3.